The maximum Gasteiger partial charge on any atom is 4.00 e. The van der Waals surface area contributed by atoms with Gasteiger partial charge < -0.3 is 71.9 Å². The fourth-order valence-corrected chi connectivity index (χ4v) is 0.111. The van der Waals surface area contributed by atoms with Gasteiger partial charge in [0.2, 0.25) is 0 Å². The molecule has 0 aromatic rings. The van der Waals surface area contributed by atoms with E-state index in [9.17, 15) is 0 Å². The van der Waals surface area contributed by atoms with E-state index in [-0.39, 0.29) is 98.1 Å². The van der Waals surface area contributed by atoms with Gasteiger partial charge in [-0.15, -0.1) is 0 Å². The summed E-state index contributed by atoms with van der Waals surface area (Å²) in [7, 11) is 0. The van der Waals surface area contributed by atoms with Crippen LogP contribution in [-0.4, -0.2) is 0 Å². The van der Waals surface area contributed by atoms with Crippen molar-refractivity contribution in [2.75, 3.05) is 0 Å². The molecule has 0 heterocycles. The Morgan fingerprint density at radius 3 is 1.44 bits per heavy atom. The Morgan fingerprint density at radius 1 is 1.11 bits per heavy atom. The van der Waals surface area contributed by atoms with E-state index in [1.54, 1.807) is 6.08 Å². The second-order valence-electron chi connectivity index (χ2n) is 0.718. The summed E-state index contributed by atoms with van der Waals surface area (Å²) in [6, 6.07) is 0. The number of hydrogen-bond acceptors (Lipinski definition) is 0. The van der Waals surface area contributed by atoms with Crippen LogP contribution in [0.25, 0.3) is 0 Å². The zero-order valence-electron chi connectivity index (χ0n) is 4.94. The van der Waals surface area contributed by atoms with E-state index in [1.807, 2.05) is 13.0 Å². The van der Waals surface area contributed by atoms with Crippen molar-refractivity contribution in [3.8, 4) is 0 Å². The minimum absolute atomic E-state index is 0. The number of rotatable bonds is 1. The van der Waals surface area contributed by atoms with Gasteiger partial charge in [0.1, 0.15) is 0 Å². The average molecular weight is 539 g/mol. The van der Waals surface area contributed by atoms with E-state index in [2.05, 4.69) is 0 Å². The first-order chi connectivity index (χ1) is 2.41. The SMILES string of the molecule is [CH-]=CC=CC.[I-].[I-].[I-].[Zr+4]. The van der Waals surface area contributed by atoms with Crippen molar-refractivity contribution >= 4 is 0 Å². The standard InChI is InChI=1S/C5H7.3HI.Zr/c1-3-5-4-2;;;;/h1,3-5H,2H3;3*1H;/q-1;;;;+4/p-3. The first-order valence-electron chi connectivity index (χ1n) is 1.58. The third kappa shape index (κ3) is 37.2. The molecule has 0 aromatic heterocycles. The monoisotopic (exact) mass is 538 g/mol. The van der Waals surface area contributed by atoms with Gasteiger partial charge in [0.15, 0.2) is 0 Å². The van der Waals surface area contributed by atoms with Crippen molar-refractivity contribution < 1.29 is 98.1 Å². The Labute approximate surface area is 127 Å². The molecule has 0 saturated heterocycles. The molecule has 0 bridgehead atoms. The largest absolute Gasteiger partial charge is 4.00 e. The van der Waals surface area contributed by atoms with E-state index >= 15 is 0 Å². The molecule has 0 aliphatic heterocycles. The van der Waals surface area contributed by atoms with Crippen molar-refractivity contribution in [1.82, 2.24) is 0 Å². The summed E-state index contributed by atoms with van der Waals surface area (Å²) in [4.78, 5) is 0. The van der Waals surface area contributed by atoms with E-state index in [0.717, 1.165) is 0 Å². The maximum absolute atomic E-state index is 4.93. The summed E-state index contributed by atoms with van der Waals surface area (Å²) in [5, 5.41) is 0. The van der Waals surface area contributed by atoms with Gasteiger partial charge in [0.05, 0.1) is 0 Å². The van der Waals surface area contributed by atoms with Crippen molar-refractivity contribution in [2.24, 2.45) is 0 Å². The van der Waals surface area contributed by atoms with Crippen LogP contribution in [0.5, 0.6) is 0 Å². The zero-order chi connectivity index (χ0) is 4.12. The van der Waals surface area contributed by atoms with Crippen LogP contribution in [0.3, 0.4) is 0 Å². The van der Waals surface area contributed by atoms with Gasteiger partial charge in [-0.05, 0) is 0 Å². The van der Waals surface area contributed by atoms with Gasteiger partial charge >= 0.3 is 26.2 Å². The molecule has 52 valence electrons. The number of halogens is 3. The molecule has 0 radical (unpaired) electrons. The molecule has 0 fully saturated rings. The molecular weight excluding hydrogens is 532 g/mol. The Balaban J connectivity index is -0.0000000133. The molecule has 0 rings (SSSR count). The molecule has 0 spiro atoms. The van der Waals surface area contributed by atoms with E-state index < -0.39 is 0 Å². The molecule has 0 atom stereocenters. The van der Waals surface area contributed by atoms with Gasteiger partial charge in [-0.3, -0.25) is 6.58 Å². The molecule has 0 aromatic carbocycles. The normalized spacial score (nSPS) is 5.00. The third-order valence-corrected chi connectivity index (χ3v) is 0.304. The summed E-state index contributed by atoms with van der Waals surface area (Å²) in [6.07, 6.45) is 5.15. The summed E-state index contributed by atoms with van der Waals surface area (Å²) < 4.78 is 0. The van der Waals surface area contributed by atoms with E-state index in [0.29, 0.717) is 0 Å². The molecule has 0 unspecified atom stereocenters. The molecule has 0 amide bonds. The minimum atomic E-state index is 0. The van der Waals surface area contributed by atoms with Crippen LogP contribution in [0.15, 0.2) is 18.2 Å². The fraction of sp³-hybridized carbons (Fsp3) is 0.200. The van der Waals surface area contributed by atoms with Crippen molar-refractivity contribution in [1.29, 1.82) is 0 Å². The van der Waals surface area contributed by atoms with Gasteiger partial charge in [-0.2, -0.15) is 6.08 Å². The first-order valence-corrected chi connectivity index (χ1v) is 1.58. The van der Waals surface area contributed by atoms with Crippen LogP contribution >= 0.6 is 0 Å². The van der Waals surface area contributed by atoms with Crippen LogP contribution in [-0.2, 0) is 26.2 Å². The Hall–Kier alpha value is 2.55. The van der Waals surface area contributed by atoms with Crippen LogP contribution in [0.1, 0.15) is 6.92 Å². The minimum Gasteiger partial charge on any atom is -1.00 e. The zero-order valence-corrected chi connectivity index (χ0v) is 13.9. The Bertz CT molecular complexity index is 54.2. The maximum atomic E-state index is 4.93. The van der Waals surface area contributed by atoms with Crippen molar-refractivity contribution in [3.05, 3.63) is 24.8 Å². The number of allylic oxidation sites excluding steroid dienone is 3. The summed E-state index contributed by atoms with van der Waals surface area (Å²) >= 11 is 0. The van der Waals surface area contributed by atoms with Crippen LogP contribution in [0.2, 0.25) is 0 Å². The topological polar surface area (TPSA) is 0 Å². The molecule has 0 saturated carbocycles. The average Bonchev–Trinajstić information content (AvgIpc) is 1.41. The summed E-state index contributed by atoms with van der Waals surface area (Å²) in [6.45, 7) is 6.85. The molecule has 0 aliphatic carbocycles. The quantitative estimate of drug-likeness (QED) is 0.177. The van der Waals surface area contributed by atoms with Crippen molar-refractivity contribution in [2.45, 2.75) is 6.92 Å². The molecular formula is C5H7I3Zr. The van der Waals surface area contributed by atoms with E-state index in [4.69, 9.17) is 6.58 Å². The van der Waals surface area contributed by atoms with E-state index in [1.165, 1.54) is 6.08 Å². The summed E-state index contributed by atoms with van der Waals surface area (Å²) in [5.74, 6) is 0. The first kappa shape index (κ1) is 30.0. The van der Waals surface area contributed by atoms with Crippen LogP contribution in [0.4, 0.5) is 0 Å². The smallest absolute Gasteiger partial charge is 1.00 e. The van der Waals surface area contributed by atoms with Gasteiger partial charge in [0.25, 0.3) is 0 Å². The molecule has 9 heavy (non-hydrogen) atoms. The van der Waals surface area contributed by atoms with Crippen LogP contribution in [0, 0.1) is 6.58 Å². The predicted molar refractivity (Wildman–Crippen MR) is 23.7 cm³/mol. The Morgan fingerprint density at radius 2 is 1.44 bits per heavy atom. The molecule has 4 heteroatoms. The second-order valence-corrected chi connectivity index (χ2v) is 0.718. The second kappa shape index (κ2) is 31.2. The summed E-state index contributed by atoms with van der Waals surface area (Å²) in [5.41, 5.74) is 0. The molecule has 0 aliphatic rings. The van der Waals surface area contributed by atoms with Crippen molar-refractivity contribution in [3.63, 3.8) is 0 Å². The molecule has 0 nitrogen and oxygen atoms in total. The van der Waals surface area contributed by atoms with Gasteiger partial charge in [-0.25, -0.2) is 12.2 Å². The third-order valence-electron chi connectivity index (χ3n) is 0.304. The fourth-order valence-electron chi connectivity index (χ4n) is 0.111. The Kier molecular flexibility index (Phi) is 104. The van der Waals surface area contributed by atoms with Gasteiger partial charge in [0, 0.05) is 0 Å². The van der Waals surface area contributed by atoms with Crippen LogP contribution < -0.4 is 71.9 Å². The number of hydrogen-bond donors (Lipinski definition) is 0. The molecule has 0 N–H and O–H groups in total. The predicted octanol–water partition coefficient (Wildman–Crippen LogP) is -7.44. The van der Waals surface area contributed by atoms with Gasteiger partial charge in [-0.1, -0.05) is 6.92 Å².